The summed E-state index contributed by atoms with van der Waals surface area (Å²) in [6.07, 6.45) is 0. The van der Waals surface area contributed by atoms with E-state index in [1.165, 1.54) is 11.3 Å². The number of aromatic amines is 1. The number of thiophene rings is 1. The Morgan fingerprint density at radius 2 is 1.68 bits per heavy atom. The number of aromatic nitrogens is 3. The standard InChI is InChI=1S/C27H19F3N6S/c28-18-7-8-19(29)24(30)22(18)25-17(14-31)21(15-3-5-16(6-4-15)36-11-9-32-10-12-36)23-26(20-2-1-13-37-20)34-35-27(23)33-25/h1-8,13,32H,9-12H2,(H,33,34,35). The Morgan fingerprint density at radius 1 is 0.919 bits per heavy atom. The number of nitriles is 1. The van der Waals surface area contributed by atoms with Crippen LogP contribution < -0.4 is 10.2 Å². The zero-order chi connectivity index (χ0) is 25.5. The van der Waals surface area contributed by atoms with Crippen LogP contribution in [-0.2, 0) is 0 Å². The lowest BCUT2D eigenvalue weighted by Crippen LogP contribution is -2.43. The molecule has 0 saturated carbocycles. The van der Waals surface area contributed by atoms with E-state index in [1.807, 2.05) is 41.8 Å². The summed E-state index contributed by atoms with van der Waals surface area (Å²) < 4.78 is 43.9. The molecule has 0 bridgehead atoms. The monoisotopic (exact) mass is 516 g/mol. The van der Waals surface area contributed by atoms with Crippen molar-refractivity contribution in [3.05, 3.63) is 76.9 Å². The van der Waals surface area contributed by atoms with Crippen LogP contribution in [0.1, 0.15) is 5.56 Å². The fourth-order valence-electron chi connectivity index (χ4n) is 4.74. The second-order valence-electron chi connectivity index (χ2n) is 8.60. The molecule has 2 aromatic carbocycles. The van der Waals surface area contributed by atoms with Gasteiger partial charge in [0.15, 0.2) is 17.3 Å². The Morgan fingerprint density at radius 3 is 2.38 bits per heavy atom. The van der Waals surface area contributed by atoms with E-state index in [9.17, 15) is 18.4 Å². The van der Waals surface area contributed by atoms with E-state index in [0.29, 0.717) is 28.3 Å². The van der Waals surface area contributed by atoms with Crippen LogP contribution >= 0.6 is 11.3 Å². The van der Waals surface area contributed by atoms with E-state index >= 15 is 0 Å². The van der Waals surface area contributed by atoms with Crippen LogP contribution in [0, 0.1) is 28.8 Å². The number of pyridine rings is 1. The summed E-state index contributed by atoms with van der Waals surface area (Å²) >= 11 is 1.47. The number of rotatable bonds is 4. The Bertz CT molecular complexity index is 1650. The third-order valence-electron chi connectivity index (χ3n) is 6.49. The lowest BCUT2D eigenvalue weighted by Gasteiger charge is -2.29. The predicted octanol–water partition coefficient (Wildman–Crippen LogP) is 5.72. The third kappa shape index (κ3) is 3.93. The fraction of sp³-hybridized carbons (Fsp3) is 0.148. The first-order valence-electron chi connectivity index (χ1n) is 11.6. The second kappa shape index (κ2) is 9.35. The number of nitrogens with zero attached hydrogens (tertiary/aromatic N) is 4. The molecular weight excluding hydrogens is 497 g/mol. The van der Waals surface area contributed by atoms with Crippen LogP contribution in [0.4, 0.5) is 18.9 Å². The fourth-order valence-corrected chi connectivity index (χ4v) is 5.46. The number of halogens is 3. The first-order chi connectivity index (χ1) is 18.1. The molecule has 0 atom stereocenters. The van der Waals surface area contributed by atoms with Crippen molar-refractivity contribution in [2.75, 3.05) is 31.1 Å². The Kier molecular flexibility index (Phi) is 5.87. The van der Waals surface area contributed by atoms with Crippen molar-refractivity contribution in [3.8, 4) is 39.0 Å². The minimum atomic E-state index is -1.40. The molecule has 1 aliphatic heterocycles. The largest absolute Gasteiger partial charge is 0.369 e. The summed E-state index contributed by atoms with van der Waals surface area (Å²) in [5.74, 6) is -3.64. The molecule has 1 fully saturated rings. The van der Waals surface area contributed by atoms with Gasteiger partial charge in [0.2, 0.25) is 0 Å². The minimum absolute atomic E-state index is 0.0648. The van der Waals surface area contributed by atoms with E-state index in [2.05, 4.69) is 31.5 Å². The van der Waals surface area contributed by atoms with Gasteiger partial charge in [-0.2, -0.15) is 10.4 Å². The first-order valence-corrected chi connectivity index (χ1v) is 12.5. The molecule has 3 aromatic heterocycles. The maximum absolute atomic E-state index is 14.9. The van der Waals surface area contributed by atoms with Crippen LogP contribution in [-0.4, -0.2) is 41.4 Å². The van der Waals surface area contributed by atoms with Crippen molar-refractivity contribution in [3.63, 3.8) is 0 Å². The minimum Gasteiger partial charge on any atom is -0.369 e. The van der Waals surface area contributed by atoms with Crippen LogP contribution in [0.3, 0.4) is 0 Å². The number of benzene rings is 2. The summed E-state index contributed by atoms with van der Waals surface area (Å²) in [5.41, 5.74) is 1.88. The van der Waals surface area contributed by atoms with Crippen LogP contribution in [0.15, 0.2) is 53.9 Å². The highest BCUT2D eigenvalue weighted by atomic mass is 32.1. The van der Waals surface area contributed by atoms with Crippen molar-refractivity contribution in [2.45, 2.75) is 0 Å². The lowest BCUT2D eigenvalue weighted by molar-refractivity contribution is 0.498. The van der Waals surface area contributed by atoms with Crippen molar-refractivity contribution in [2.24, 2.45) is 0 Å². The smallest absolute Gasteiger partial charge is 0.171 e. The van der Waals surface area contributed by atoms with E-state index in [1.54, 1.807) is 0 Å². The summed E-state index contributed by atoms with van der Waals surface area (Å²) in [7, 11) is 0. The van der Waals surface area contributed by atoms with Gasteiger partial charge in [-0.1, -0.05) is 18.2 Å². The second-order valence-corrected chi connectivity index (χ2v) is 9.55. The molecular formula is C27H19F3N6S. The lowest BCUT2D eigenvalue weighted by atomic mass is 9.92. The zero-order valence-corrected chi connectivity index (χ0v) is 20.2. The highest BCUT2D eigenvalue weighted by molar-refractivity contribution is 7.13. The summed E-state index contributed by atoms with van der Waals surface area (Å²) in [6, 6.07) is 15.1. The molecule has 1 saturated heterocycles. The van der Waals surface area contributed by atoms with E-state index in [0.717, 1.165) is 42.8 Å². The molecule has 37 heavy (non-hydrogen) atoms. The maximum Gasteiger partial charge on any atom is 0.171 e. The van der Waals surface area contributed by atoms with Gasteiger partial charge >= 0.3 is 0 Å². The van der Waals surface area contributed by atoms with Gasteiger partial charge in [0.05, 0.1) is 27.1 Å². The Hall–Kier alpha value is -4.20. The molecule has 0 unspecified atom stereocenters. The normalized spacial score (nSPS) is 13.7. The third-order valence-corrected chi connectivity index (χ3v) is 7.37. The molecule has 0 radical (unpaired) electrons. The number of hydrogen-bond donors (Lipinski definition) is 2. The average molecular weight is 517 g/mol. The van der Waals surface area contributed by atoms with Crippen LogP contribution in [0.2, 0.25) is 0 Å². The first kappa shape index (κ1) is 23.2. The van der Waals surface area contributed by atoms with Gasteiger partial charge < -0.3 is 10.2 Å². The number of fused-ring (bicyclic) bond motifs is 1. The molecule has 0 amide bonds. The molecule has 184 valence electrons. The van der Waals surface area contributed by atoms with E-state index in [4.69, 9.17) is 0 Å². The zero-order valence-electron chi connectivity index (χ0n) is 19.4. The van der Waals surface area contributed by atoms with Gasteiger partial charge in [-0.25, -0.2) is 18.2 Å². The Labute approximate surface area is 214 Å². The van der Waals surface area contributed by atoms with Gasteiger partial charge in [0.1, 0.15) is 17.6 Å². The van der Waals surface area contributed by atoms with Gasteiger partial charge in [0, 0.05) is 37.4 Å². The molecule has 6 rings (SSSR count). The molecule has 0 spiro atoms. The molecule has 0 aliphatic carbocycles. The summed E-state index contributed by atoms with van der Waals surface area (Å²) in [4.78, 5) is 7.48. The SMILES string of the molecule is N#Cc1c(-c2c(F)ccc(F)c2F)nc2[nH]nc(-c3cccs3)c2c1-c1ccc(N2CCNCC2)cc1. The number of anilines is 1. The van der Waals surface area contributed by atoms with E-state index < -0.39 is 23.0 Å². The van der Waals surface area contributed by atoms with E-state index in [-0.39, 0.29) is 16.9 Å². The number of piperazine rings is 1. The van der Waals surface area contributed by atoms with Crippen molar-refractivity contribution in [1.82, 2.24) is 20.5 Å². The molecule has 6 nitrogen and oxygen atoms in total. The van der Waals surface area contributed by atoms with Crippen LogP contribution in [0.5, 0.6) is 0 Å². The highest BCUT2D eigenvalue weighted by Crippen LogP contribution is 2.42. The van der Waals surface area contributed by atoms with Gasteiger partial charge in [-0.05, 0) is 41.3 Å². The maximum atomic E-state index is 14.9. The van der Waals surface area contributed by atoms with Crippen LogP contribution in [0.25, 0.3) is 44.0 Å². The molecule has 2 N–H and O–H groups in total. The van der Waals surface area contributed by atoms with Crippen molar-refractivity contribution >= 4 is 28.1 Å². The average Bonchev–Trinajstić information content (AvgIpc) is 3.61. The number of hydrogen-bond acceptors (Lipinski definition) is 6. The molecule has 5 aromatic rings. The molecule has 4 heterocycles. The Balaban J connectivity index is 1.63. The number of H-pyrrole nitrogens is 1. The predicted molar refractivity (Wildman–Crippen MR) is 138 cm³/mol. The summed E-state index contributed by atoms with van der Waals surface area (Å²) in [6.45, 7) is 3.51. The molecule has 10 heteroatoms. The van der Waals surface area contributed by atoms with Crippen molar-refractivity contribution in [1.29, 1.82) is 5.26 Å². The number of nitrogens with one attached hydrogen (secondary N) is 2. The van der Waals surface area contributed by atoms with Gasteiger partial charge in [-0.3, -0.25) is 5.10 Å². The topological polar surface area (TPSA) is 80.6 Å². The summed E-state index contributed by atoms with van der Waals surface area (Å²) in [5, 5.41) is 23.3. The quantitative estimate of drug-likeness (QED) is 0.299. The highest BCUT2D eigenvalue weighted by Gasteiger charge is 2.27. The molecule has 1 aliphatic rings. The van der Waals surface area contributed by atoms with Gasteiger partial charge in [-0.15, -0.1) is 11.3 Å². The van der Waals surface area contributed by atoms with Crippen molar-refractivity contribution < 1.29 is 13.2 Å². The van der Waals surface area contributed by atoms with Gasteiger partial charge in [0.25, 0.3) is 0 Å².